The van der Waals surface area contributed by atoms with E-state index in [1.165, 1.54) is 5.56 Å². The minimum Gasteiger partial charge on any atom is -0.298 e. The number of carbonyl (C=O) groups is 1. The summed E-state index contributed by atoms with van der Waals surface area (Å²) in [6.07, 6.45) is 0.754. The van der Waals surface area contributed by atoms with Crippen LogP contribution in [0.3, 0.4) is 0 Å². The van der Waals surface area contributed by atoms with Crippen LogP contribution in [0.25, 0.3) is 0 Å². The number of carbonyl (C=O) groups excluding carboxylic acids is 1. The molecule has 3 heteroatoms. The van der Waals surface area contributed by atoms with Crippen molar-refractivity contribution >= 4 is 5.78 Å². The summed E-state index contributed by atoms with van der Waals surface area (Å²) in [7, 11) is 0. The normalized spacial score (nSPS) is 26.1. The van der Waals surface area contributed by atoms with Crippen LogP contribution in [-0.4, -0.2) is 47.8 Å². The molecule has 0 N–H and O–H groups in total. The average molecular weight is 230 g/mol. The predicted molar refractivity (Wildman–Crippen MR) is 66.7 cm³/mol. The Morgan fingerprint density at radius 1 is 1.12 bits per heavy atom. The first-order valence-corrected chi connectivity index (χ1v) is 6.36. The summed E-state index contributed by atoms with van der Waals surface area (Å²) in [6, 6.07) is 10.7. The molecule has 3 nitrogen and oxygen atoms in total. The number of rotatable bonds is 2. The highest BCUT2D eigenvalue weighted by Crippen LogP contribution is 2.20. The minimum absolute atomic E-state index is 0.174. The summed E-state index contributed by atoms with van der Waals surface area (Å²) in [5.41, 5.74) is 1.34. The second-order valence-corrected chi connectivity index (χ2v) is 4.99. The van der Waals surface area contributed by atoms with Crippen molar-refractivity contribution < 1.29 is 4.79 Å². The first kappa shape index (κ1) is 10.9. The van der Waals surface area contributed by atoms with Crippen LogP contribution in [0.2, 0.25) is 0 Å². The van der Waals surface area contributed by atoms with Gasteiger partial charge in [-0.3, -0.25) is 14.6 Å². The van der Waals surface area contributed by atoms with Crippen molar-refractivity contribution in [1.82, 2.24) is 9.80 Å². The monoisotopic (exact) mass is 230 g/mol. The SMILES string of the molecule is O=C1CCN2CCN(Cc3ccccc3)C[C@@H]12. The molecular formula is C14H18N2O. The zero-order chi connectivity index (χ0) is 11.7. The van der Waals surface area contributed by atoms with E-state index in [0.29, 0.717) is 5.78 Å². The van der Waals surface area contributed by atoms with Gasteiger partial charge in [0.1, 0.15) is 0 Å². The maximum atomic E-state index is 11.7. The van der Waals surface area contributed by atoms with E-state index in [4.69, 9.17) is 0 Å². The third-order valence-corrected chi connectivity index (χ3v) is 3.84. The van der Waals surface area contributed by atoms with Gasteiger partial charge in [-0.05, 0) is 5.56 Å². The molecule has 0 amide bonds. The van der Waals surface area contributed by atoms with E-state index in [1.807, 2.05) is 6.07 Å². The van der Waals surface area contributed by atoms with Crippen LogP contribution in [0.15, 0.2) is 30.3 Å². The number of piperazine rings is 1. The van der Waals surface area contributed by atoms with Gasteiger partial charge in [-0.2, -0.15) is 0 Å². The molecule has 0 spiro atoms. The summed E-state index contributed by atoms with van der Waals surface area (Å²) in [6.45, 7) is 4.98. The Morgan fingerprint density at radius 2 is 1.94 bits per heavy atom. The number of hydrogen-bond acceptors (Lipinski definition) is 3. The third-order valence-electron chi connectivity index (χ3n) is 3.84. The molecule has 1 aromatic rings. The lowest BCUT2D eigenvalue weighted by molar-refractivity contribution is -0.121. The summed E-state index contributed by atoms with van der Waals surface area (Å²) < 4.78 is 0. The number of benzene rings is 1. The van der Waals surface area contributed by atoms with Gasteiger partial charge in [0.2, 0.25) is 0 Å². The highest BCUT2D eigenvalue weighted by atomic mass is 16.1. The van der Waals surface area contributed by atoms with Gasteiger partial charge in [-0.15, -0.1) is 0 Å². The van der Waals surface area contributed by atoms with Crippen LogP contribution < -0.4 is 0 Å². The summed E-state index contributed by atoms with van der Waals surface area (Å²) in [5, 5.41) is 0. The molecule has 0 saturated carbocycles. The van der Waals surface area contributed by atoms with Crippen molar-refractivity contribution in [1.29, 1.82) is 0 Å². The Kier molecular flexibility index (Phi) is 2.95. The van der Waals surface area contributed by atoms with Gasteiger partial charge < -0.3 is 0 Å². The van der Waals surface area contributed by atoms with Crippen molar-refractivity contribution in [2.24, 2.45) is 0 Å². The molecule has 0 bridgehead atoms. The first-order valence-electron chi connectivity index (χ1n) is 6.36. The smallest absolute Gasteiger partial charge is 0.152 e. The van der Waals surface area contributed by atoms with Crippen LogP contribution >= 0.6 is 0 Å². The molecule has 2 aliphatic rings. The lowest BCUT2D eigenvalue weighted by Gasteiger charge is -2.36. The summed E-state index contributed by atoms with van der Waals surface area (Å²) >= 11 is 0. The highest BCUT2D eigenvalue weighted by molar-refractivity contribution is 5.86. The molecule has 1 atom stereocenters. The number of nitrogens with zero attached hydrogens (tertiary/aromatic N) is 2. The fraction of sp³-hybridized carbons (Fsp3) is 0.500. The zero-order valence-corrected chi connectivity index (χ0v) is 10.0. The number of hydrogen-bond donors (Lipinski definition) is 0. The molecule has 0 unspecified atom stereocenters. The van der Waals surface area contributed by atoms with Crippen molar-refractivity contribution in [2.45, 2.75) is 19.0 Å². The molecule has 2 saturated heterocycles. The van der Waals surface area contributed by atoms with Crippen LogP contribution in [0, 0.1) is 0 Å². The van der Waals surface area contributed by atoms with Crippen molar-refractivity contribution in [2.75, 3.05) is 26.2 Å². The van der Waals surface area contributed by atoms with Gasteiger partial charge in [0, 0.05) is 39.1 Å². The van der Waals surface area contributed by atoms with Crippen LogP contribution in [0.1, 0.15) is 12.0 Å². The molecule has 0 aliphatic carbocycles. The van der Waals surface area contributed by atoms with Gasteiger partial charge in [0.25, 0.3) is 0 Å². The zero-order valence-electron chi connectivity index (χ0n) is 10.0. The van der Waals surface area contributed by atoms with Gasteiger partial charge in [0.15, 0.2) is 5.78 Å². The molecule has 2 fully saturated rings. The molecule has 17 heavy (non-hydrogen) atoms. The van der Waals surface area contributed by atoms with Crippen molar-refractivity contribution in [3.05, 3.63) is 35.9 Å². The minimum atomic E-state index is 0.174. The number of ketones is 1. The molecule has 2 heterocycles. The van der Waals surface area contributed by atoms with E-state index in [2.05, 4.69) is 34.1 Å². The average Bonchev–Trinajstić information content (AvgIpc) is 2.73. The Morgan fingerprint density at radius 3 is 2.76 bits per heavy atom. The highest BCUT2D eigenvalue weighted by Gasteiger charge is 2.36. The van der Waals surface area contributed by atoms with Crippen molar-refractivity contribution in [3.8, 4) is 0 Å². The molecule has 0 aromatic heterocycles. The summed E-state index contributed by atoms with van der Waals surface area (Å²) in [5.74, 6) is 0.433. The number of fused-ring (bicyclic) bond motifs is 1. The second-order valence-electron chi connectivity index (χ2n) is 4.99. The van der Waals surface area contributed by atoms with Crippen LogP contribution in [0.5, 0.6) is 0 Å². The van der Waals surface area contributed by atoms with Gasteiger partial charge in [0.05, 0.1) is 6.04 Å². The Hall–Kier alpha value is -1.19. The Bertz CT molecular complexity index is 404. The molecule has 2 aliphatic heterocycles. The van der Waals surface area contributed by atoms with Gasteiger partial charge in [-0.1, -0.05) is 30.3 Å². The Labute approximate surface area is 102 Å². The molecule has 90 valence electrons. The molecule has 3 rings (SSSR count). The standard InChI is InChI=1S/C14H18N2O/c17-14-6-7-16-9-8-15(11-13(14)16)10-12-4-2-1-3-5-12/h1-5,13H,6-11H2/t13-/m0/s1. The van der Waals surface area contributed by atoms with Gasteiger partial charge in [-0.25, -0.2) is 0 Å². The largest absolute Gasteiger partial charge is 0.298 e. The van der Waals surface area contributed by atoms with E-state index in [9.17, 15) is 4.79 Å². The quantitative estimate of drug-likeness (QED) is 0.761. The summed E-state index contributed by atoms with van der Waals surface area (Å²) in [4.78, 5) is 16.5. The van der Waals surface area contributed by atoms with Crippen LogP contribution in [-0.2, 0) is 11.3 Å². The maximum absolute atomic E-state index is 11.7. The molecular weight excluding hydrogens is 212 g/mol. The van der Waals surface area contributed by atoms with E-state index in [-0.39, 0.29) is 6.04 Å². The van der Waals surface area contributed by atoms with Crippen LogP contribution in [0.4, 0.5) is 0 Å². The molecule has 1 aromatic carbocycles. The second kappa shape index (κ2) is 4.59. The van der Waals surface area contributed by atoms with E-state index < -0.39 is 0 Å². The fourth-order valence-corrected chi connectivity index (χ4v) is 2.86. The fourth-order valence-electron chi connectivity index (χ4n) is 2.86. The predicted octanol–water partition coefficient (Wildman–Crippen LogP) is 1.15. The molecule has 0 radical (unpaired) electrons. The third kappa shape index (κ3) is 2.26. The van der Waals surface area contributed by atoms with E-state index >= 15 is 0 Å². The lowest BCUT2D eigenvalue weighted by atomic mass is 10.1. The first-order chi connectivity index (χ1) is 8.33. The topological polar surface area (TPSA) is 23.6 Å². The Balaban J connectivity index is 1.64. The maximum Gasteiger partial charge on any atom is 0.152 e. The van der Waals surface area contributed by atoms with Crippen molar-refractivity contribution in [3.63, 3.8) is 0 Å². The van der Waals surface area contributed by atoms with E-state index in [0.717, 1.165) is 39.1 Å². The lowest BCUT2D eigenvalue weighted by Crippen LogP contribution is -2.51. The number of Topliss-reactive ketones (excluding diaryl/α,β-unsaturated/α-hetero) is 1. The van der Waals surface area contributed by atoms with E-state index in [1.54, 1.807) is 0 Å². The van der Waals surface area contributed by atoms with Gasteiger partial charge >= 0.3 is 0 Å².